The lowest BCUT2D eigenvalue weighted by atomic mass is 10.1. The monoisotopic (exact) mass is 175 g/mol. The maximum atomic E-state index is 13.0. The Balaban J connectivity index is 2.61. The fourth-order valence-electron chi connectivity index (χ4n) is 1.30. The van der Waals surface area contributed by atoms with Crippen LogP contribution in [0.3, 0.4) is 0 Å². The first kappa shape index (κ1) is 7.48. The smallest absolute Gasteiger partial charge is 0.301 e. The molecule has 0 atom stereocenters. The third-order valence-electron chi connectivity index (χ3n) is 1.89. The first-order valence-corrected chi connectivity index (χ1v) is 3.50. The molecule has 1 aromatic rings. The first-order valence-electron chi connectivity index (χ1n) is 3.50. The van der Waals surface area contributed by atoms with Crippen LogP contribution in [0.25, 0.3) is 0 Å². The molecule has 3 N–H and O–H groups in total. The Hall–Kier alpha value is -1.17. The summed E-state index contributed by atoms with van der Waals surface area (Å²) >= 11 is 0. The fraction of sp³-hybridized carbons (Fsp3) is 0.500. The summed E-state index contributed by atoms with van der Waals surface area (Å²) < 4.78 is 25.9. The fourth-order valence-corrected chi connectivity index (χ4v) is 1.30. The molecule has 2 rings (SSSR count). The molecule has 0 fully saturated rings. The van der Waals surface area contributed by atoms with Gasteiger partial charge in [0.1, 0.15) is 5.69 Å². The molecule has 12 heavy (non-hydrogen) atoms. The summed E-state index contributed by atoms with van der Waals surface area (Å²) in [5.41, 5.74) is -0.658. The molecule has 0 aromatic carbocycles. The van der Waals surface area contributed by atoms with Gasteiger partial charge >= 0.3 is 5.92 Å². The van der Waals surface area contributed by atoms with Crippen LogP contribution in [0.2, 0.25) is 0 Å². The largest absolute Gasteiger partial charge is 0.306 e. The molecule has 2 heterocycles. The average molecular weight is 175 g/mol. The highest BCUT2D eigenvalue weighted by atomic mass is 19.3. The minimum absolute atomic E-state index is 0.103. The van der Waals surface area contributed by atoms with E-state index in [1.54, 1.807) is 0 Å². The van der Waals surface area contributed by atoms with Crippen LogP contribution in [0.15, 0.2) is 4.79 Å². The van der Waals surface area contributed by atoms with Gasteiger partial charge in [-0.25, -0.2) is 0 Å². The van der Waals surface area contributed by atoms with E-state index < -0.39 is 18.0 Å². The minimum Gasteiger partial charge on any atom is -0.306 e. The summed E-state index contributed by atoms with van der Waals surface area (Å²) in [5, 5.41) is 6.79. The second-order valence-corrected chi connectivity index (χ2v) is 2.74. The van der Waals surface area contributed by atoms with Crippen molar-refractivity contribution in [3.63, 3.8) is 0 Å². The predicted octanol–water partition coefficient (Wildman–Crippen LogP) is -0.102. The van der Waals surface area contributed by atoms with Crippen LogP contribution in [-0.4, -0.2) is 16.7 Å². The quantitative estimate of drug-likeness (QED) is 0.515. The lowest BCUT2D eigenvalue weighted by Crippen LogP contribution is -2.38. The second-order valence-electron chi connectivity index (χ2n) is 2.74. The molecule has 6 heteroatoms. The van der Waals surface area contributed by atoms with E-state index >= 15 is 0 Å². The Morgan fingerprint density at radius 1 is 1.33 bits per heavy atom. The van der Waals surface area contributed by atoms with Gasteiger partial charge in [0.15, 0.2) is 0 Å². The summed E-state index contributed by atoms with van der Waals surface area (Å²) in [4.78, 5) is 10.9. The lowest BCUT2D eigenvalue weighted by Gasteiger charge is -2.21. The predicted molar refractivity (Wildman–Crippen MR) is 37.0 cm³/mol. The van der Waals surface area contributed by atoms with Gasteiger partial charge < -0.3 is 5.32 Å². The van der Waals surface area contributed by atoms with E-state index in [1.165, 1.54) is 0 Å². The number of alkyl halides is 2. The summed E-state index contributed by atoms with van der Waals surface area (Å²) in [6.07, 6.45) is 0. The molecular weight excluding hydrogens is 168 g/mol. The molecule has 4 nitrogen and oxygen atoms in total. The number of fused-ring (bicyclic) bond motifs is 1. The SMILES string of the molecule is O=c1[nH][nH]c2c1CNCC2(F)F. The van der Waals surface area contributed by atoms with Crippen LogP contribution in [0.1, 0.15) is 11.3 Å². The number of hydrogen-bond donors (Lipinski definition) is 3. The summed E-state index contributed by atoms with van der Waals surface area (Å²) in [5.74, 6) is -2.97. The van der Waals surface area contributed by atoms with Gasteiger partial charge in [-0.1, -0.05) is 0 Å². The number of rotatable bonds is 0. The van der Waals surface area contributed by atoms with Gasteiger partial charge in [0.2, 0.25) is 0 Å². The van der Waals surface area contributed by atoms with E-state index in [4.69, 9.17) is 0 Å². The average Bonchev–Trinajstić information content (AvgIpc) is 2.33. The third-order valence-corrected chi connectivity index (χ3v) is 1.89. The van der Waals surface area contributed by atoms with Crippen molar-refractivity contribution in [1.29, 1.82) is 0 Å². The van der Waals surface area contributed by atoms with Crippen molar-refractivity contribution in [2.24, 2.45) is 0 Å². The molecule has 0 saturated heterocycles. The molecule has 0 aliphatic carbocycles. The maximum absolute atomic E-state index is 13.0. The van der Waals surface area contributed by atoms with E-state index in [0.717, 1.165) is 0 Å². The van der Waals surface area contributed by atoms with Crippen molar-refractivity contribution in [3.8, 4) is 0 Å². The maximum Gasteiger partial charge on any atom is 0.301 e. The molecule has 0 radical (unpaired) electrons. The van der Waals surface area contributed by atoms with E-state index in [2.05, 4.69) is 15.5 Å². The van der Waals surface area contributed by atoms with Crippen molar-refractivity contribution in [3.05, 3.63) is 21.6 Å². The molecule has 66 valence electrons. The third kappa shape index (κ3) is 0.878. The van der Waals surface area contributed by atoms with Gasteiger partial charge in [0.05, 0.1) is 12.1 Å². The minimum atomic E-state index is -2.97. The van der Waals surface area contributed by atoms with Crippen molar-refractivity contribution < 1.29 is 8.78 Å². The molecule has 1 aliphatic rings. The highest BCUT2D eigenvalue weighted by molar-refractivity contribution is 5.23. The number of aromatic amines is 2. The van der Waals surface area contributed by atoms with Crippen LogP contribution >= 0.6 is 0 Å². The van der Waals surface area contributed by atoms with Crippen molar-refractivity contribution in [2.45, 2.75) is 12.5 Å². The number of halogens is 2. The zero-order chi connectivity index (χ0) is 8.77. The van der Waals surface area contributed by atoms with Crippen LogP contribution in [0, 0.1) is 0 Å². The molecule has 1 aromatic heterocycles. The number of H-pyrrole nitrogens is 2. The Labute approximate surface area is 66.0 Å². The summed E-state index contributed by atoms with van der Waals surface area (Å²) in [6.45, 7) is -0.225. The standard InChI is InChI=1S/C6H7F2N3O/c7-6(8)2-9-1-3-4(6)10-11-5(3)12/h9H,1-2H2,(H2,10,11,12). The van der Waals surface area contributed by atoms with Crippen LogP contribution in [0.4, 0.5) is 8.78 Å². The second kappa shape index (κ2) is 2.16. The molecule has 0 spiro atoms. The van der Waals surface area contributed by atoms with Crippen LogP contribution in [0.5, 0.6) is 0 Å². The molecule has 0 unspecified atom stereocenters. The highest BCUT2D eigenvalue weighted by Gasteiger charge is 2.39. The Bertz CT molecular complexity index is 354. The summed E-state index contributed by atoms with van der Waals surface area (Å²) in [7, 11) is 0. The van der Waals surface area contributed by atoms with E-state index in [-0.39, 0.29) is 17.8 Å². The number of aromatic nitrogens is 2. The molecule has 0 bridgehead atoms. The zero-order valence-corrected chi connectivity index (χ0v) is 6.08. The van der Waals surface area contributed by atoms with Crippen LogP contribution in [-0.2, 0) is 12.5 Å². The lowest BCUT2D eigenvalue weighted by molar-refractivity contribution is -0.0151. The normalized spacial score (nSPS) is 20.5. The Morgan fingerprint density at radius 3 is 2.75 bits per heavy atom. The van der Waals surface area contributed by atoms with Gasteiger partial charge in [-0.05, 0) is 0 Å². The molecular formula is C6H7F2N3O. The van der Waals surface area contributed by atoms with Gasteiger partial charge in [0, 0.05) is 6.54 Å². The molecule has 0 amide bonds. The first-order chi connectivity index (χ1) is 5.61. The number of nitrogens with one attached hydrogen (secondary N) is 3. The molecule has 1 aliphatic heterocycles. The Kier molecular flexibility index (Phi) is 1.35. The van der Waals surface area contributed by atoms with E-state index in [0.29, 0.717) is 0 Å². The van der Waals surface area contributed by atoms with E-state index in [1.807, 2.05) is 0 Å². The topological polar surface area (TPSA) is 60.7 Å². The van der Waals surface area contributed by atoms with Gasteiger partial charge in [-0.3, -0.25) is 15.0 Å². The molecule has 0 saturated carbocycles. The van der Waals surface area contributed by atoms with Crippen molar-refractivity contribution in [2.75, 3.05) is 6.54 Å². The summed E-state index contributed by atoms with van der Waals surface area (Å²) in [6, 6.07) is 0. The zero-order valence-electron chi connectivity index (χ0n) is 6.08. The van der Waals surface area contributed by atoms with Gasteiger partial charge in [-0.15, -0.1) is 0 Å². The number of hydrogen-bond acceptors (Lipinski definition) is 2. The van der Waals surface area contributed by atoms with E-state index in [9.17, 15) is 13.6 Å². The van der Waals surface area contributed by atoms with Gasteiger partial charge in [-0.2, -0.15) is 8.78 Å². The van der Waals surface area contributed by atoms with Crippen LogP contribution < -0.4 is 10.9 Å². The van der Waals surface area contributed by atoms with Crippen molar-refractivity contribution >= 4 is 0 Å². The van der Waals surface area contributed by atoms with Crippen molar-refractivity contribution in [1.82, 2.24) is 15.5 Å². The highest BCUT2D eigenvalue weighted by Crippen LogP contribution is 2.29. The van der Waals surface area contributed by atoms with Gasteiger partial charge in [0.25, 0.3) is 5.56 Å². The Morgan fingerprint density at radius 2 is 2.08 bits per heavy atom.